The predicted octanol–water partition coefficient (Wildman–Crippen LogP) is 3.26. The molecule has 0 bridgehead atoms. The van der Waals surface area contributed by atoms with Crippen molar-refractivity contribution in [3.8, 4) is 16.2 Å². The number of likely N-dealkylation sites (N-methyl/N-ethyl adjacent to an activating group) is 1. The van der Waals surface area contributed by atoms with E-state index in [-0.39, 0.29) is 37.2 Å². The van der Waals surface area contributed by atoms with Gasteiger partial charge in [0, 0.05) is 42.7 Å². The Morgan fingerprint density at radius 1 is 1.29 bits per heavy atom. The molecule has 2 amide bonds. The van der Waals surface area contributed by atoms with Crippen LogP contribution in [0.4, 0.5) is 9.52 Å². The van der Waals surface area contributed by atoms with Crippen molar-refractivity contribution in [2.24, 2.45) is 5.73 Å². The molecular weight excluding hydrogens is 531 g/mol. The van der Waals surface area contributed by atoms with Crippen LogP contribution in [0.1, 0.15) is 35.3 Å². The first-order valence-electron chi connectivity index (χ1n) is 12.0. The van der Waals surface area contributed by atoms with Crippen LogP contribution >= 0.6 is 11.3 Å². The van der Waals surface area contributed by atoms with Gasteiger partial charge in [0.25, 0.3) is 5.91 Å². The number of sulfone groups is 1. The van der Waals surface area contributed by atoms with E-state index in [9.17, 15) is 18.0 Å². The minimum absolute atomic E-state index is 0.0727. The van der Waals surface area contributed by atoms with Crippen LogP contribution in [0, 0.1) is 5.82 Å². The summed E-state index contributed by atoms with van der Waals surface area (Å²) >= 11 is 1.40. The van der Waals surface area contributed by atoms with E-state index < -0.39 is 38.4 Å². The number of benzene rings is 2. The number of halogens is 1. The molecule has 2 heterocycles. The van der Waals surface area contributed by atoms with Crippen LogP contribution in [0.2, 0.25) is 0 Å². The SMILES string of the molecule is CCc1c(C(=O)N2CCOc3ccc(-c4cnc(N(C)[C@@H](C)C(N)=O)s4)cc3C2)ccc(S(C)(=O)=O)c1F. The van der Waals surface area contributed by atoms with Gasteiger partial charge in [0.2, 0.25) is 5.91 Å². The van der Waals surface area contributed by atoms with Crippen LogP contribution in [0.15, 0.2) is 41.4 Å². The van der Waals surface area contributed by atoms with Crippen molar-refractivity contribution in [1.82, 2.24) is 9.88 Å². The van der Waals surface area contributed by atoms with Gasteiger partial charge in [0.15, 0.2) is 15.0 Å². The van der Waals surface area contributed by atoms with Crippen molar-refractivity contribution in [3.63, 3.8) is 0 Å². The minimum Gasteiger partial charge on any atom is -0.491 e. The Kier molecular flexibility index (Phi) is 7.75. The number of carbonyl (C=O) groups excluding carboxylic acids is 2. The average Bonchev–Trinajstić information content (AvgIpc) is 3.26. The van der Waals surface area contributed by atoms with E-state index in [0.29, 0.717) is 10.9 Å². The Balaban J connectivity index is 1.63. The summed E-state index contributed by atoms with van der Waals surface area (Å²) in [5.74, 6) is -1.09. The normalized spacial score (nSPS) is 14.3. The van der Waals surface area contributed by atoms with E-state index in [2.05, 4.69) is 4.98 Å². The number of fused-ring (bicyclic) bond motifs is 1. The summed E-state index contributed by atoms with van der Waals surface area (Å²) in [5, 5.41) is 0.640. The number of carbonyl (C=O) groups is 2. The topological polar surface area (TPSA) is 123 Å². The Hall–Kier alpha value is -3.51. The van der Waals surface area contributed by atoms with Crippen molar-refractivity contribution in [1.29, 1.82) is 0 Å². The molecule has 38 heavy (non-hydrogen) atoms. The molecule has 0 spiro atoms. The van der Waals surface area contributed by atoms with Gasteiger partial charge in [-0.2, -0.15) is 0 Å². The fourth-order valence-electron chi connectivity index (χ4n) is 4.24. The third-order valence-electron chi connectivity index (χ3n) is 6.59. The Morgan fingerprint density at radius 3 is 2.68 bits per heavy atom. The molecule has 4 rings (SSSR count). The number of hydrogen-bond acceptors (Lipinski definition) is 8. The number of nitrogens with two attached hydrogens (primary N) is 1. The molecule has 9 nitrogen and oxygen atoms in total. The predicted molar refractivity (Wildman–Crippen MR) is 144 cm³/mol. The maximum absolute atomic E-state index is 15.1. The monoisotopic (exact) mass is 560 g/mol. The Labute approximate surface area is 225 Å². The van der Waals surface area contributed by atoms with Gasteiger partial charge in [-0.15, -0.1) is 0 Å². The van der Waals surface area contributed by atoms with Crippen molar-refractivity contribution >= 4 is 38.1 Å². The zero-order valence-electron chi connectivity index (χ0n) is 21.5. The third-order valence-corrected chi connectivity index (χ3v) is 8.84. The van der Waals surface area contributed by atoms with Crippen LogP contribution < -0.4 is 15.4 Å². The molecule has 2 aromatic carbocycles. The van der Waals surface area contributed by atoms with E-state index in [4.69, 9.17) is 10.5 Å². The van der Waals surface area contributed by atoms with E-state index in [0.717, 1.165) is 28.3 Å². The highest BCUT2D eigenvalue weighted by atomic mass is 32.2. The zero-order chi connectivity index (χ0) is 27.8. The summed E-state index contributed by atoms with van der Waals surface area (Å²) in [7, 11) is -2.02. The van der Waals surface area contributed by atoms with Crippen molar-refractivity contribution in [3.05, 3.63) is 59.0 Å². The molecule has 1 aliphatic rings. The maximum atomic E-state index is 15.1. The summed E-state index contributed by atoms with van der Waals surface area (Å²) in [4.78, 5) is 33.2. The lowest BCUT2D eigenvalue weighted by atomic mass is 10.0. The summed E-state index contributed by atoms with van der Waals surface area (Å²) in [6.07, 6.45) is 2.82. The molecule has 1 aliphatic heterocycles. The van der Waals surface area contributed by atoms with Gasteiger partial charge >= 0.3 is 0 Å². The average molecular weight is 561 g/mol. The van der Waals surface area contributed by atoms with Gasteiger partial charge in [-0.3, -0.25) is 9.59 Å². The van der Waals surface area contributed by atoms with Gasteiger partial charge in [-0.25, -0.2) is 17.8 Å². The number of thiazole rings is 1. The molecular formula is C26H29FN4O5S2. The van der Waals surface area contributed by atoms with Crippen molar-refractivity contribution in [2.75, 3.05) is 31.4 Å². The number of primary amides is 1. The van der Waals surface area contributed by atoms with Crippen LogP contribution in [0.3, 0.4) is 0 Å². The highest BCUT2D eigenvalue weighted by molar-refractivity contribution is 7.90. The first-order chi connectivity index (χ1) is 17.9. The lowest BCUT2D eigenvalue weighted by Gasteiger charge is -2.22. The number of anilines is 1. The van der Waals surface area contributed by atoms with E-state index in [1.807, 2.05) is 18.2 Å². The first-order valence-corrected chi connectivity index (χ1v) is 14.7. The van der Waals surface area contributed by atoms with Crippen LogP contribution in [-0.2, 0) is 27.6 Å². The van der Waals surface area contributed by atoms with Crippen molar-refractivity contribution in [2.45, 2.75) is 37.8 Å². The number of amides is 2. The largest absolute Gasteiger partial charge is 0.491 e. The number of ether oxygens (including phenoxy) is 1. The standard InChI is InChI=1S/C26H29FN4O5S2/c1-5-18-19(7-9-22(23(18)27)38(4,34)35)25(33)31-10-11-36-20-8-6-16(12-17(20)14-31)21-13-29-26(37-21)30(3)15(2)24(28)32/h6-9,12-13,15H,5,10-11,14H2,1-4H3,(H2,28,32)/t15-/m0/s1. The molecule has 0 saturated carbocycles. The second-order valence-corrected chi connectivity index (χ2v) is 12.1. The van der Waals surface area contributed by atoms with Crippen molar-refractivity contribution < 1.29 is 27.1 Å². The maximum Gasteiger partial charge on any atom is 0.254 e. The lowest BCUT2D eigenvalue weighted by molar-refractivity contribution is -0.118. The highest BCUT2D eigenvalue weighted by Crippen LogP contribution is 2.35. The van der Waals surface area contributed by atoms with E-state index >= 15 is 4.39 Å². The second-order valence-electron chi connectivity index (χ2n) is 9.12. The molecule has 1 atom stereocenters. The molecule has 0 unspecified atom stereocenters. The smallest absolute Gasteiger partial charge is 0.254 e. The number of hydrogen-bond donors (Lipinski definition) is 1. The quantitative estimate of drug-likeness (QED) is 0.471. The molecule has 3 aromatic rings. The first kappa shape index (κ1) is 27.5. The van der Waals surface area contributed by atoms with E-state index in [1.54, 1.807) is 36.9 Å². The van der Waals surface area contributed by atoms with Gasteiger partial charge in [-0.1, -0.05) is 18.3 Å². The summed E-state index contributed by atoms with van der Waals surface area (Å²) in [6, 6.07) is 7.68. The van der Waals surface area contributed by atoms with Gasteiger partial charge in [0.1, 0.15) is 29.1 Å². The number of nitrogens with zero attached hydrogens (tertiary/aromatic N) is 3. The molecule has 0 saturated heterocycles. The third kappa shape index (κ3) is 5.37. The summed E-state index contributed by atoms with van der Waals surface area (Å²) < 4.78 is 44.9. The van der Waals surface area contributed by atoms with Crippen LogP contribution in [0.25, 0.3) is 10.4 Å². The number of aromatic nitrogens is 1. The second kappa shape index (κ2) is 10.7. The minimum atomic E-state index is -3.77. The molecule has 202 valence electrons. The molecule has 2 N–H and O–H groups in total. The van der Waals surface area contributed by atoms with Gasteiger partial charge < -0.3 is 20.3 Å². The molecule has 0 radical (unpaired) electrons. The number of rotatable bonds is 7. The summed E-state index contributed by atoms with van der Waals surface area (Å²) in [6.45, 7) is 4.15. The molecule has 1 aromatic heterocycles. The molecule has 12 heteroatoms. The van der Waals surface area contributed by atoms with Gasteiger partial charge in [0.05, 0.1) is 11.4 Å². The Morgan fingerprint density at radius 2 is 2.03 bits per heavy atom. The molecule has 0 aliphatic carbocycles. The lowest BCUT2D eigenvalue weighted by Crippen LogP contribution is -2.40. The van der Waals surface area contributed by atoms with Gasteiger partial charge in [-0.05, 0) is 49.2 Å². The van der Waals surface area contributed by atoms with Crippen LogP contribution in [0.5, 0.6) is 5.75 Å². The Bertz CT molecular complexity index is 1510. The fraction of sp³-hybridized carbons (Fsp3) is 0.346. The molecule has 0 fully saturated rings. The van der Waals surface area contributed by atoms with E-state index in [1.165, 1.54) is 17.4 Å². The van der Waals surface area contributed by atoms with Crippen LogP contribution in [-0.4, -0.2) is 62.6 Å². The fourth-order valence-corrected chi connectivity index (χ4v) is 5.96. The highest BCUT2D eigenvalue weighted by Gasteiger charge is 2.27. The summed E-state index contributed by atoms with van der Waals surface area (Å²) in [5.41, 5.74) is 7.26. The zero-order valence-corrected chi connectivity index (χ0v) is 23.2.